The van der Waals surface area contributed by atoms with Gasteiger partial charge in [0.15, 0.2) is 0 Å². The van der Waals surface area contributed by atoms with Gasteiger partial charge in [0.05, 0.1) is 0 Å². The second kappa shape index (κ2) is 5.13. The number of hydrogen-bond donors (Lipinski definition) is 1. The van der Waals surface area contributed by atoms with E-state index in [0.29, 0.717) is 12.1 Å². The standard InChI is InChI=1S/C16H13BrN2O/c17-14-6-3-7-15-13(14)8-9-19(15)10-11-4-1-2-5-12(11)16(18)20/h1-9H,10H2,(H2,18,20). The third-order valence-electron chi connectivity index (χ3n) is 3.38. The van der Waals surface area contributed by atoms with E-state index >= 15 is 0 Å². The molecule has 0 atom stereocenters. The van der Waals surface area contributed by atoms with Crippen molar-refractivity contribution in [1.29, 1.82) is 0 Å². The molecule has 0 spiro atoms. The number of nitrogens with two attached hydrogens (primary N) is 1. The van der Waals surface area contributed by atoms with Crippen LogP contribution in [0.15, 0.2) is 59.2 Å². The van der Waals surface area contributed by atoms with E-state index in [0.717, 1.165) is 20.9 Å². The van der Waals surface area contributed by atoms with Crippen molar-refractivity contribution in [2.45, 2.75) is 6.54 Å². The lowest BCUT2D eigenvalue weighted by molar-refractivity contribution is 0.0999. The van der Waals surface area contributed by atoms with Crippen LogP contribution >= 0.6 is 15.9 Å². The van der Waals surface area contributed by atoms with Gasteiger partial charge in [-0.2, -0.15) is 0 Å². The predicted molar refractivity (Wildman–Crippen MR) is 83.7 cm³/mol. The highest BCUT2D eigenvalue weighted by atomic mass is 79.9. The maximum atomic E-state index is 11.5. The third kappa shape index (κ3) is 2.23. The fourth-order valence-corrected chi connectivity index (χ4v) is 2.89. The van der Waals surface area contributed by atoms with Gasteiger partial charge in [0.25, 0.3) is 0 Å². The van der Waals surface area contributed by atoms with Crippen molar-refractivity contribution in [2.24, 2.45) is 5.73 Å². The summed E-state index contributed by atoms with van der Waals surface area (Å²) in [5.74, 6) is -0.391. The fourth-order valence-electron chi connectivity index (χ4n) is 2.41. The summed E-state index contributed by atoms with van der Waals surface area (Å²) >= 11 is 3.55. The van der Waals surface area contributed by atoms with Gasteiger partial charge in [-0.3, -0.25) is 4.79 Å². The molecule has 4 heteroatoms. The average Bonchev–Trinajstić information content (AvgIpc) is 2.84. The van der Waals surface area contributed by atoms with Crippen LogP contribution in [-0.4, -0.2) is 10.5 Å². The molecule has 0 aliphatic rings. The smallest absolute Gasteiger partial charge is 0.249 e. The molecule has 1 amide bonds. The molecule has 0 aliphatic carbocycles. The van der Waals surface area contributed by atoms with Crippen LogP contribution in [0.1, 0.15) is 15.9 Å². The largest absolute Gasteiger partial charge is 0.366 e. The first kappa shape index (κ1) is 12.9. The molecule has 1 heterocycles. The van der Waals surface area contributed by atoms with Crippen LogP contribution in [0.5, 0.6) is 0 Å². The van der Waals surface area contributed by atoms with Gasteiger partial charge >= 0.3 is 0 Å². The minimum Gasteiger partial charge on any atom is -0.366 e. The van der Waals surface area contributed by atoms with E-state index in [2.05, 4.69) is 32.6 Å². The molecule has 2 aromatic carbocycles. The predicted octanol–water partition coefficient (Wildman–Crippen LogP) is 3.55. The zero-order chi connectivity index (χ0) is 14.1. The van der Waals surface area contributed by atoms with Crippen molar-refractivity contribution < 1.29 is 4.79 Å². The second-order valence-electron chi connectivity index (χ2n) is 4.64. The Kier molecular flexibility index (Phi) is 3.32. The van der Waals surface area contributed by atoms with Crippen molar-refractivity contribution >= 4 is 32.7 Å². The quantitative estimate of drug-likeness (QED) is 0.785. The number of amides is 1. The highest BCUT2D eigenvalue weighted by molar-refractivity contribution is 9.10. The number of carbonyl (C=O) groups excluding carboxylic acids is 1. The maximum Gasteiger partial charge on any atom is 0.249 e. The highest BCUT2D eigenvalue weighted by Gasteiger charge is 2.09. The number of carbonyl (C=O) groups is 1. The fraction of sp³-hybridized carbons (Fsp3) is 0.0625. The summed E-state index contributed by atoms with van der Waals surface area (Å²) < 4.78 is 3.18. The number of hydrogen-bond acceptors (Lipinski definition) is 1. The number of aromatic nitrogens is 1. The van der Waals surface area contributed by atoms with Gasteiger partial charge in [0, 0.05) is 33.7 Å². The van der Waals surface area contributed by atoms with E-state index in [1.165, 1.54) is 0 Å². The van der Waals surface area contributed by atoms with Gasteiger partial charge in [-0.05, 0) is 29.8 Å². The molecule has 3 rings (SSSR count). The summed E-state index contributed by atoms with van der Waals surface area (Å²) in [6, 6.07) is 15.6. The Balaban J connectivity index is 2.06. The van der Waals surface area contributed by atoms with Crippen LogP contribution < -0.4 is 5.73 Å². The van der Waals surface area contributed by atoms with E-state index in [9.17, 15) is 4.79 Å². The molecule has 3 nitrogen and oxygen atoms in total. The molecule has 0 unspecified atom stereocenters. The Morgan fingerprint density at radius 3 is 2.70 bits per heavy atom. The van der Waals surface area contributed by atoms with E-state index in [1.807, 2.05) is 36.5 Å². The SMILES string of the molecule is NC(=O)c1ccccc1Cn1ccc2c(Br)cccc21. The van der Waals surface area contributed by atoms with Crippen molar-refractivity contribution in [3.05, 3.63) is 70.3 Å². The van der Waals surface area contributed by atoms with Crippen LogP contribution in [0.25, 0.3) is 10.9 Å². The topological polar surface area (TPSA) is 48.0 Å². The zero-order valence-electron chi connectivity index (χ0n) is 10.7. The molecule has 0 aliphatic heterocycles. The van der Waals surface area contributed by atoms with Crippen molar-refractivity contribution in [1.82, 2.24) is 4.57 Å². The van der Waals surface area contributed by atoms with Crippen LogP contribution in [0, 0.1) is 0 Å². The lowest BCUT2D eigenvalue weighted by Crippen LogP contribution is -2.14. The minimum absolute atomic E-state index is 0.391. The van der Waals surface area contributed by atoms with Crippen molar-refractivity contribution in [3.8, 4) is 0 Å². The normalized spacial score (nSPS) is 10.8. The first-order valence-electron chi connectivity index (χ1n) is 6.28. The maximum absolute atomic E-state index is 11.5. The highest BCUT2D eigenvalue weighted by Crippen LogP contribution is 2.25. The van der Waals surface area contributed by atoms with Gasteiger partial charge in [-0.1, -0.05) is 40.2 Å². The van der Waals surface area contributed by atoms with E-state index in [-0.39, 0.29) is 0 Å². The Morgan fingerprint density at radius 2 is 1.90 bits per heavy atom. The number of rotatable bonds is 3. The molecule has 0 bridgehead atoms. The van der Waals surface area contributed by atoms with Gasteiger partial charge in [0.1, 0.15) is 0 Å². The monoisotopic (exact) mass is 328 g/mol. The summed E-state index contributed by atoms with van der Waals surface area (Å²) in [6.45, 7) is 0.624. The van der Waals surface area contributed by atoms with Crippen molar-refractivity contribution in [3.63, 3.8) is 0 Å². The number of halogens is 1. The summed E-state index contributed by atoms with van der Waals surface area (Å²) in [6.07, 6.45) is 2.02. The van der Waals surface area contributed by atoms with Crippen LogP contribution in [0.4, 0.5) is 0 Å². The molecule has 0 fully saturated rings. The molecule has 0 saturated carbocycles. The number of nitrogens with zero attached hydrogens (tertiary/aromatic N) is 1. The number of fused-ring (bicyclic) bond motifs is 1. The van der Waals surface area contributed by atoms with Gasteiger partial charge in [-0.15, -0.1) is 0 Å². The van der Waals surface area contributed by atoms with E-state index in [1.54, 1.807) is 6.07 Å². The Labute approximate surface area is 125 Å². The van der Waals surface area contributed by atoms with Crippen LogP contribution in [0.3, 0.4) is 0 Å². The third-order valence-corrected chi connectivity index (χ3v) is 4.08. The first-order valence-corrected chi connectivity index (χ1v) is 7.07. The molecule has 20 heavy (non-hydrogen) atoms. The van der Waals surface area contributed by atoms with Gasteiger partial charge in [-0.25, -0.2) is 0 Å². The second-order valence-corrected chi connectivity index (χ2v) is 5.49. The summed E-state index contributed by atoms with van der Waals surface area (Å²) in [7, 11) is 0. The van der Waals surface area contributed by atoms with E-state index < -0.39 is 5.91 Å². The van der Waals surface area contributed by atoms with Gasteiger partial charge in [0.2, 0.25) is 5.91 Å². The molecule has 3 aromatic rings. The lowest BCUT2D eigenvalue weighted by Gasteiger charge is -2.09. The summed E-state index contributed by atoms with van der Waals surface area (Å²) in [5.41, 5.74) is 8.05. The Hall–Kier alpha value is -2.07. The molecular weight excluding hydrogens is 316 g/mol. The van der Waals surface area contributed by atoms with Crippen LogP contribution in [0.2, 0.25) is 0 Å². The molecule has 2 N–H and O–H groups in total. The molecular formula is C16H13BrN2O. The summed E-state index contributed by atoms with van der Waals surface area (Å²) in [4.78, 5) is 11.5. The number of primary amides is 1. The Morgan fingerprint density at radius 1 is 1.10 bits per heavy atom. The zero-order valence-corrected chi connectivity index (χ0v) is 12.3. The molecule has 1 aromatic heterocycles. The summed E-state index contributed by atoms with van der Waals surface area (Å²) in [5, 5.41) is 1.16. The average molecular weight is 329 g/mol. The van der Waals surface area contributed by atoms with Crippen molar-refractivity contribution in [2.75, 3.05) is 0 Å². The van der Waals surface area contributed by atoms with E-state index in [4.69, 9.17) is 5.73 Å². The van der Waals surface area contributed by atoms with Gasteiger partial charge < -0.3 is 10.3 Å². The molecule has 0 radical (unpaired) electrons. The van der Waals surface area contributed by atoms with Crippen LogP contribution in [-0.2, 0) is 6.54 Å². The first-order chi connectivity index (χ1) is 9.66. The number of benzene rings is 2. The lowest BCUT2D eigenvalue weighted by atomic mass is 10.1. The molecule has 100 valence electrons. The Bertz CT molecular complexity index is 792. The molecule has 0 saturated heterocycles. The minimum atomic E-state index is -0.391.